The number of nitrogens with zero attached hydrogens (tertiary/aromatic N) is 2. The summed E-state index contributed by atoms with van der Waals surface area (Å²) in [5.41, 5.74) is -0.167. The summed E-state index contributed by atoms with van der Waals surface area (Å²) in [6.07, 6.45) is 0. The van der Waals surface area contributed by atoms with E-state index in [-0.39, 0.29) is 39.0 Å². The molecule has 0 saturated carbocycles. The summed E-state index contributed by atoms with van der Waals surface area (Å²) in [5.74, 6) is -2.85. The minimum atomic E-state index is -4.12. The predicted molar refractivity (Wildman–Crippen MR) is 121 cm³/mol. The smallest absolute Gasteiger partial charge is 0.356 e. The number of carboxylic acids is 1. The number of amides is 1. The maximum absolute atomic E-state index is 14.0. The van der Waals surface area contributed by atoms with E-state index in [9.17, 15) is 27.5 Å². The van der Waals surface area contributed by atoms with Crippen LogP contribution in [-0.2, 0) is 17.1 Å². The summed E-state index contributed by atoms with van der Waals surface area (Å²) in [5, 5.41) is 15.6. The maximum Gasteiger partial charge on any atom is 0.356 e. The number of sulfonamides is 1. The van der Waals surface area contributed by atoms with E-state index in [1.807, 2.05) is 0 Å². The number of carboxylic acid groups (broad SMARTS) is 1. The van der Waals surface area contributed by atoms with Crippen LogP contribution in [0.3, 0.4) is 0 Å². The van der Waals surface area contributed by atoms with Gasteiger partial charge in [-0.15, -0.1) is 0 Å². The van der Waals surface area contributed by atoms with Gasteiger partial charge in [0.15, 0.2) is 5.69 Å². The Hall–Kier alpha value is -3.77. The number of halogens is 1. The minimum absolute atomic E-state index is 0.0292. The molecule has 1 aromatic heterocycles. The average Bonchev–Trinajstić information content (AvgIpc) is 3.02. The molecule has 0 aliphatic carbocycles. The average molecular weight is 491 g/mol. The second-order valence-electron chi connectivity index (χ2n) is 7.68. The number of aromatic carboxylic acids is 1. The van der Waals surface area contributed by atoms with E-state index in [0.29, 0.717) is 0 Å². The van der Waals surface area contributed by atoms with Crippen molar-refractivity contribution in [2.24, 2.45) is 7.05 Å². The first-order valence-corrected chi connectivity index (χ1v) is 11.6. The number of hydrogen-bond acceptors (Lipinski definition) is 6. The van der Waals surface area contributed by atoms with Crippen molar-refractivity contribution in [3.8, 4) is 11.6 Å². The van der Waals surface area contributed by atoms with Gasteiger partial charge in [-0.25, -0.2) is 27.0 Å². The number of anilines is 1. The van der Waals surface area contributed by atoms with Crippen LogP contribution in [0.5, 0.6) is 11.6 Å². The second kappa shape index (κ2) is 9.61. The number of carbonyl (C=O) groups is 2. The van der Waals surface area contributed by atoms with Gasteiger partial charge >= 0.3 is 5.97 Å². The van der Waals surface area contributed by atoms with Gasteiger partial charge in [0.25, 0.3) is 5.91 Å². The van der Waals surface area contributed by atoms with Gasteiger partial charge in [0.05, 0.1) is 5.56 Å². The minimum Gasteiger partial charge on any atom is -0.476 e. The molecule has 0 saturated heterocycles. The van der Waals surface area contributed by atoms with Gasteiger partial charge in [-0.05, 0) is 51.1 Å². The topological polar surface area (TPSA) is 140 Å². The van der Waals surface area contributed by atoms with Crippen LogP contribution in [0.1, 0.15) is 40.3 Å². The van der Waals surface area contributed by atoms with Crippen molar-refractivity contribution in [2.45, 2.75) is 31.7 Å². The summed E-state index contributed by atoms with van der Waals surface area (Å²) < 4.78 is 49.4. The zero-order chi connectivity index (χ0) is 25.2. The normalized spacial score (nSPS) is 11.5. The van der Waals surface area contributed by atoms with Gasteiger partial charge in [0.2, 0.25) is 15.9 Å². The molecule has 12 heteroatoms. The molecule has 0 radical (unpaired) electrons. The van der Waals surface area contributed by atoms with Crippen molar-refractivity contribution in [1.29, 1.82) is 0 Å². The number of hydrogen-bond donors (Lipinski definition) is 3. The highest BCUT2D eigenvalue weighted by molar-refractivity contribution is 7.89. The lowest BCUT2D eigenvalue weighted by atomic mass is 10.2. The van der Waals surface area contributed by atoms with Crippen LogP contribution in [0.4, 0.5) is 10.1 Å². The van der Waals surface area contributed by atoms with E-state index >= 15 is 0 Å². The molecule has 0 aliphatic heterocycles. The van der Waals surface area contributed by atoms with E-state index in [1.165, 1.54) is 55.1 Å². The number of aromatic nitrogens is 2. The third-order valence-electron chi connectivity index (χ3n) is 4.63. The molecule has 0 fully saturated rings. The van der Waals surface area contributed by atoms with Crippen LogP contribution < -0.4 is 14.8 Å². The number of ether oxygens (including phenoxy) is 1. The first-order valence-electron chi connectivity index (χ1n) is 10.1. The van der Waals surface area contributed by atoms with Gasteiger partial charge in [-0.3, -0.25) is 4.79 Å². The molecule has 2 aromatic carbocycles. The molecule has 1 amide bonds. The number of aryl methyl sites for hydroxylation is 1. The lowest BCUT2D eigenvalue weighted by molar-refractivity contribution is 0.0688. The van der Waals surface area contributed by atoms with Crippen molar-refractivity contribution < 1.29 is 32.2 Å². The molecule has 10 nitrogen and oxygen atoms in total. The summed E-state index contributed by atoms with van der Waals surface area (Å²) in [4.78, 5) is 23.5. The highest BCUT2D eigenvalue weighted by Crippen LogP contribution is 2.34. The van der Waals surface area contributed by atoms with Crippen LogP contribution >= 0.6 is 0 Å². The number of benzene rings is 2. The Labute approximate surface area is 195 Å². The fraction of sp³-hybridized carbons (Fsp3) is 0.227. The van der Waals surface area contributed by atoms with Crippen molar-refractivity contribution in [3.63, 3.8) is 0 Å². The first kappa shape index (κ1) is 24.9. The molecular formula is C22H23FN4O6S. The van der Waals surface area contributed by atoms with Crippen molar-refractivity contribution in [2.75, 3.05) is 5.32 Å². The second-order valence-corrected chi connectivity index (χ2v) is 9.36. The molecule has 3 N–H and O–H groups in total. The Bertz CT molecular complexity index is 1370. The molecule has 0 bridgehead atoms. The zero-order valence-electron chi connectivity index (χ0n) is 18.8. The molecule has 3 rings (SSSR count). The zero-order valence-corrected chi connectivity index (χ0v) is 19.6. The molecular weight excluding hydrogens is 467 g/mol. The van der Waals surface area contributed by atoms with Gasteiger partial charge in [-0.1, -0.05) is 12.1 Å². The number of nitrogens with one attached hydrogen (secondary N) is 2. The lowest BCUT2D eigenvalue weighted by Crippen LogP contribution is -2.30. The standard InChI is InChI=1S/C22H23FN4O6S/c1-12(2)26-34(31,32)18-11-14(24-20(28)15-7-5-6-8-16(15)23)9-10-17(18)33-21-13(3)19(22(29)30)25-27(21)4/h5-12,26H,1-4H3,(H,24,28)(H,29,30). The number of carbonyl (C=O) groups excluding carboxylic acids is 1. The SMILES string of the molecule is Cc1c(C(=O)O)nn(C)c1Oc1ccc(NC(=O)c2ccccc2F)cc1S(=O)(=O)NC(C)C. The molecule has 1 heterocycles. The Morgan fingerprint density at radius 1 is 1.18 bits per heavy atom. The Balaban J connectivity index is 2.04. The van der Waals surface area contributed by atoms with Crippen molar-refractivity contribution in [1.82, 2.24) is 14.5 Å². The fourth-order valence-corrected chi connectivity index (χ4v) is 4.57. The molecule has 0 aliphatic rings. The van der Waals surface area contributed by atoms with Gasteiger partial charge in [-0.2, -0.15) is 5.10 Å². The van der Waals surface area contributed by atoms with Crippen LogP contribution in [0.25, 0.3) is 0 Å². The highest BCUT2D eigenvalue weighted by atomic mass is 32.2. The first-order chi connectivity index (χ1) is 15.9. The van der Waals surface area contributed by atoms with E-state index in [2.05, 4.69) is 15.1 Å². The summed E-state index contributed by atoms with van der Waals surface area (Å²) >= 11 is 0. The fourth-order valence-electron chi connectivity index (χ4n) is 3.16. The third kappa shape index (κ3) is 5.24. The van der Waals surface area contributed by atoms with Crippen LogP contribution in [0.15, 0.2) is 47.4 Å². The molecule has 34 heavy (non-hydrogen) atoms. The van der Waals surface area contributed by atoms with Gasteiger partial charge in [0.1, 0.15) is 16.5 Å². The Morgan fingerprint density at radius 3 is 2.44 bits per heavy atom. The van der Waals surface area contributed by atoms with Crippen LogP contribution in [0.2, 0.25) is 0 Å². The summed E-state index contributed by atoms with van der Waals surface area (Å²) in [7, 11) is -2.67. The van der Waals surface area contributed by atoms with Crippen LogP contribution in [0, 0.1) is 12.7 Å². The molecule has 3 aromatic rings. The van der Waals surface area contributed by atoms with E-state index in [0.717, 1.165) is 6.07 Å². The lowest BCUT2D eigenvalue weighted by Gasteiger charge is -2.16. The third-order valence-corrected chi connectivity index (χ3v) is 6.31. The van der Waals surface area contributed by atoms with E-state index < -0.39 is 33.8 Å². The number of rotatable bonds is 8. The van der Waals surface area contributed by atoms with E-state index in [4.69, 9.17) is 4.74 Å². The van der Waals surface area contributed by atoms with Crippen molar-refractivity contribution in [3.05, 3.63) is 65.1 Å². The largest absolute Gasteiger partial charge is 0.476 e. The Kier molecular flexibility index (Phi) is 7.03. The van der Waals surface area contributed by atoms with Crippen molar-refractivity contribution >= 4 is 27.6 Å². The van der Waals surface area contributed by atoms with Crippen LogP contribution in [-0.4, -0.2) is 41.2 Å². The molecule has 180 valence electrons. The summed E-state index contributed by atoms with van der Waals surface area (Å²) in [6, 6.07) is 8.77. The maximum atomic E-state index is 14.0. The highest BCUT2D eigenvalue weighted by Gasteiger charge is 2.26. The summed E-state index contributed by atoms with van der Waals surface area (Å²) in [6.45, 7) is 4.74. The molecule has 0 unspecified atom stereocenters. The Morgan fingerprint density at radius 2 is 1.85 bits per heavy atom. The molecule has 0 atom stereocenters. The quantitative estimate of drug-likeness (QED) is 0.440. The van der Waals surface area contributed by atoms with E-state index in [1.54, 1.807) is 13.8 Å². The predicted octanol–water partition coefficient (Wildman–Crippen LogP) is 3.30. The van der Waals surface area contributed by atoms with Gasteiger partial charge in [0, 0.05) is 24.3 Å². The monoisotopic (exact) mass is 490 g/mol. The molecule has 0 spiro atoms. The van der Waals surface area contributed by atoms with Gasteiger partial charge < -0.3 is 15.2 Å².